The fraction of sp³-hybridized carbons (Fsp3) is 1.00. The van der Waals surface area contributed by atoms with E-state index in [9.17, 15) is 18.3 Å². The number of aliphatic hydroxyl groups is 1. The summed E-state index contributed by atoms with van der Waals surface area (Å²) in [5, 5.41) is 13.1. The van der Waals surface area contributed by atoms with Gasteiger partial charge in [0, 0.05) is 12.6 Å². The molecule has 0 saturated heterocycles. The predicted octanol–water partition coefficient (Wildman–Crippen LogP) is 2.47. The van der Waals surface area contributed by atoms with Crippen molar-refractivity contribution in [2.24, 2.45) is 5.92 Å². The van der Waals surface area contributed by atoms with Crippen LogP contribution in [0.3, 0.4) is 0 Å². The van der Waals surface area contributed by atoms with Crippen LogP contribution in [0.4, 0.5) is 13.2 Å². The fourth-order valence-corrected chi connectivity index (χ4v) is 2.17. The fourth-order valence-electron chi connectivity index (χ4n) is 2.17. The van der Waals surface area contributed by atoms with Gasteiger partial charge in [-0.3, -0.25) is 0 Å². The van der Waals surface area contributed by atoms with Gasteiger partial charge in [0.25, 0.3) is 0 Å². The van der Waals surface area contributed by atoms with Crippen LogP contribution in [-0.4, -0.2) is 29.5 Å². The molecule has 2 atom stereocenters. The lowest BCUT2D eigenvalue weighted by Crippen LogP contribution is -2.48. The summed E-state index contributed by atoms with van der Waals surface area (Å²) in [6, 6.07) is 0.176. The van der Waals surface area contributed by atoms with Crippen molar-refractivity contribution in [1.82, 2.24) is 5.32 Å². The molecule has 96 valence electrons. The zero-order valence-electron chi connectivity index (χ0n) is 9.77. The second-order valence-corrected chi connectivity index (χ2v) is 5.09. The molecule has 16 heavy (non-hydrogen) atoms. The first-order chi connectivity index (χ1) is 7.23. The molecule has 0 aromatic heterocycles. The Kier molecular flexibility index (Phi) is 4.23. The van der Waals surface area contributed by atoms with E-state index in [2.05, 4.69) is 5.32 Å². The van der Waals surface area contributed by atoms with E-state index in [-0.39, 0.29) is 25.4 Å². The van der Waals surface area contributed by atoms with Crippen molar-refractivity contribution in [3.05, 3.63) is 0 Å². The lowest BCUT2D eigenvalue weighted by atomic mass is 9.77. The smallest absolute Gasteiger partial charge is 0.389 e. The van der Waals surface area contributed by atoms with Crippen molar-refractivity contribution in [2.75, 3.05) is 6.54 Å². The summed E-state index contributed by atoms with van der Waals surface area (Å²) in [5.41, 5.74) is -1.19. The zero-order valence-corrected chi connectivity index (χ0v) is 9.77. The van der Waals surface area contributed by atoms with Gasteiger partial charge in [0.2, 0.25) is 0 Å². The number of alkyl halides is 3. The Labute approximate surface area is 94.2 Å². The Balaban J connectivity index is 2.54. The highest BCUT2D eigenvalue weighted by atomic mass is 19.4. The lowest BCUT2D eigenvalue weighted by molar-refractivity contribution is -0.200. The highest BCUT2D eigenvalue weighted by Gasteiger charge is 2.46. The molecule has 0 aromatic rings. The predicted molar refractivity (Wildman–Crippen MR) is 56.1 cm³/mol. The van der Waals surface area contributed by atoms with E-state index in [0.29, 0.717) is 12.8 Å². The standard InChI is InChI=1S/C11H20F3NO/c1-8(2)15-7-10(16)5-3-4-9(6-10)11(12,13)14/h8-9,15-16H,3-7H2,1-2H3. The quantitative estimate of drug-likeness (QED) is 0.793. The molecular weight excluding hydrogens is 219 g/mol. The van der Waals surface area contributed by atoms with Gasteiger partial charge in [-0.05, 0) is 25.7 Å². The maximum Gasteiger partial charge on any atom is 0.391 e. The summed E-state index contributed by atoms with van der Waals surface area (Å²) in [6.45, 7) is 4.07. The van der Waals surface area contributed by atoms with Crippen molar-refractivity contribution in [3.63, 3.8) is 0 Å². The third-order valence-corrected chi connectivity index (χ3v) is 3.12. The Bertz CT molecular complexity index is 230. The number of nitrogens with one attached hydrogen (secondary N) is 1. The number of hydrogen-bond acceptors (Lipinski definition) is 2. The number of rotatable bonds is 3. The molecule has 0 aromatic carbocycles. The summed E-state index contributed by atoms with van der Waals surface area (Å²) in [6.07, 6.45) is -3.30. The molecule has 2 unspecified atom stereocenters. The Hall–Kier alpha value is -0.290. The summed E-state index contributed by atoms with van der Waals surface area (Å²) < 4.78 is 37.7. The first-order valence-corrected chi connectivity index (χ1v) is 5.75. The van der Waals surface area contributed by atoms with Crippen LogP contribution in [-0.2, 0) is 0 Å². The molecule has 0 amide bonds. The molecule has 1 fully saturated rings. The van der Waals surface area contributed by atoms with Gasteiger partial charge in [-0.1, -0.05) is 13.8 Å². The van der Waals surface area contributed by atoms with Crippen LogP contribution in [0, 0.1) is 5.92 Å². The van der Waals surface area contributed by atoms with Gasteiger partial charge in [0.05, 0.1) is 11.5 Å². The average molecular weight is 239 g/mol. The highest BCUT2D eigenvalue weighted by Crippen LogP contribution is 2.41. The summed E-state index contributed by atoms with van der Waals surface area (Å²) in [7, 11) is 0. The Morgan fingerprint density at radius 2 is 2.06 bits per heavy atom. The molecule has 0 radical (unpaired) electrons. The number of hydrogen-bond donors (Lipinski definition) is 2. The van der Waals surface area contributed by atoms with E-state index in [1.807, 2.05) is 13.8 Å². The molecule has 5 heteroatoms. The van der Waals surface area contributed by atoms with Crippen LogP contribution in [0.2, 0.25) is 0 Å². The van der Waals surface area contributed by atoms with E-state index in [1.54, 1.807) is 0 Å². The Morgan fingerprint density at radius 1 is 1.44 bits per heavy atom. The van der Waals surface area contributed by atoms with Crippen LogP contribution in [0.15, 0.2) is 0 Å². The van der Waals surface area contributed by atoms with Gasteiger partial charge in [-0.15, -0.1) is 0 Å². The molecule has 0 spiro atoms. The molecular formula is C11H20F3NO. The molecule has 0 heterocycles. The van der Waals surface area contributed by atoms with Gasteiger partial charge in [-0.25, -0.2) is 0 Å². The molecule has 0 aliphatic heterocycles. The molecule has 1 aliphatic rings. The topological polar surface area (TPSA) is 32.3 Å². The van der Waals surface area contributed by atoms with E-state index >= 15 is 0 Å². The maximum absolute atomic E-state index is 12.6. The third-order valence-electron chi connectivity index (χ3n) is 3.12. The average Bonchev–Trinajstić information content (AvgIpc) is 2.14. The number of halogens is 3. The van der Waals surface area contributed by atoms with E-state index in [1.165, 1.54) is 0 Å². The summed E-state index contributed by atoms with van der Waals surface area (Å²) in [5.74, 6) is -1.35. The minimum atomic E-state index is -4.17. The first kappa shape index (κ1) is 13.8. The molecule has 2 N–H and O–H groups in total. The molecule has 0 bridgehead atoms. The van der Waals surface area contributed by atoms with Gasteiger partial charge >= 0.3 is 6.18 Å². The SMILES string of the molecule is CC(C)NCC1(O)CCCC(C(F)(F)F)C1. The summed E-state index contributed by atoms with van der Waals surface area (Å²) in [4.78, 5) is 0. The van der Waals surface area contributed by atoms with Crippen LogP contribution in [0.1, 0.15) is 39.5 Å². The normalized spacial score (nSPS) is 32.1. The largest absolute Gasteiger partial charge is 0.391 e. The highest BCUT2D eigenvalue weighted by molar-refractivity contribution is 4.90. The minimum Gasteiger partial charge on any atom is -0.389 e. The van der Waals surface area contributed by atoms with Crippen molar-refractivity contribution < 1.29 is 18.3 Å². The van der Waals surface area contributed by atoms with Crippen LogP contribution >= 0.6 is 0 Å². The summed E-state index contributed by atoms with van der Waals surface area (Å²) >= 11 is 0. The van der Waals surface area contributed by atoms with Crippen molar-refractivity contribution in [3.8, 4) is 0 Å². The zero-order chi connectivity index (χ0) is 12.4. The molecule has 1 saturated carbocycles. The molecule has 2 nitrogen and oxygen atoms in total. The third kappa shape index (κ3) is 3.94. The second kappa shape index (κ2) is 4.92. The van der Waals surface area contributed by atoms with Crippen LogP contribution in [0.25, 0.3) is 0 Å². The van der Waals surface area contributed by atoms with Crippen molar-refractivity contribution in [1.29, 1.82) is 0 Å². The Morgan fingerprint density at radius 3 is 2.56 bits per heavy atom. The molecule has 1 rings (SSSR count). The van der Waals surface area contributed by atoms with Gasteiger partial charge in [0.1, 0.15) is 0 Å². The lowest BCUT2D eigenvalue weighted by Gasteiger charge is -2.38. The van der Waals surface area contributed by atoms with E-state index in [4.69, 9.17) is 0 Å². The van der Waals surface area contributed by atoms with Gasteiger partial charge < -0.3 is 10.4 Å². The van der Waals surface area contributed by atoms with Crippen LogP contribution in [0.5, 0.6) is 0 Å². The minimum absolute atomic E-state index is 0.146. The van der Waals surface area contributed by atoms with Gasteiger partial charge in [-0.2, -0.15) is 13.2 Å². The monoisotopic (exact) mass is 239 g/mol. The maximum atomic E-state index is 12.6. The van der Waals surface area contributed by atoms with Crippen molar-refractivity contribution in [2.45, 2.75) is 57.3 Å². The first-order valence-electron chi connectivity index (χ1n) is 5.75. The van der Waals surface area contributed by atoms with Crippen LogP contribution < -0.4 is 5.32 Å². The molecule has 1 aliphatic carbocycles. The van der Waals surface area contributed by atoms with Crippen molar-refractivity contribution >= 4 is 0 Å². The van der Waals surface area contributed by atoms with E-state index in [0.717, 1.165) is 0 Å². The van der Waals surface area contributed by atoms with Gasteiger partial charge in [0.15, 0.2) is 0 Å². The van der Waals surface area contributed by atoms with E-state index < -0.39 is 17.7 Å². The second-order valence-electron chi connectivity index (χ2n) is 5.09.